The summed E-state index contributed by atoms with van der Waals surface area (Å²) >= 11 is 0. The standard InChI is InChI=1S/C15H31N/c1-5-6-9-13-10-7-8-11-14(13)12-16-15(2,3)4/h13-14,16H,5-12H2,1-4H3. The second-order valence-corrected chi connectivity index (χ2v) is 6.58. The van der Waals surface area contributed by atoms with Gasteiger partial charge in [0.05, 0.1) is 0 Å². The van der Waals surface area contributed by atoms with Gasteiger partial charge in [0.15, 0.2) is 0 Å². The van der Waals surface area contributed by atoms with Gasteiger partial charge in [0.1, 0.15) is 0 Å². The Bertz CT molecular complexity index is 180. The summed E-state index contributed by atoms with van der Waals surface area (Å²) in [5, 5.41) is 3.70. The van der Waals surface area contributed by atoms with Crippen molar-refractivity contribution >= 4 is 0 Å². The summed E-state index contributed by atoms with van der Waals surface area (Å²) in [5.74, 6) is 1.95. The summed E-state index contributed by atoms with van der Waals surface area (Å²) in [4.78, 5) is 0. The smallest absolute Gasteiger partial charge is 0.00966 e. The van der Waals surface area contributed by atoms with E-state index >= 15 is 0 Å². The second-order valence-electron chi connectivity index (χ2n) is 6.58. The van der Waals surface area contributed by atoms with Crippen LogP contribution in [0.4, 0.5) is 0 Å². The van der Waals surface area contributed by atoms with Crippen LogP contribution in [-0.2, 0) is 0 Å². The minimum absolute atomic E-state index is 0.284. The topological polar surface area (TPSA) is 12.0 Å². The minimum Gasteiger partial charge on any atom is -0.312 e. The summed E-state index contributed by atoms with van der Waals surface area (Å²) in [6, 6.07) is 0. The van der Waals surface area contributed by atoms with Crippen molar-refractivity contribution in [2.24, 2.45) is 11.8 Å². The van der Waals surface area contributed by atoms with Gasteiger partial charge in [-0.2, -0.15) is 0 Å². The molecule has 1 nitrogen and oxygen atoms in total. The Hall–Kier alpha value is -0.0400. The Morgan fingerprint density at radius 3 is 2.25 bits per heavy atom. The Labute approximate surface area is 102 Å². The Morgan fingerprint density at radius 1 is 1.06 bits per heavy atom. The van der Waals surface area contributed by atoms with E-state index in [-0.39, 0.29) is 5.54 Å². The molecule has 0 heterocycles. The molecule has 1 aliphatic rings. The maximum atomic E-state index is 3.70. The molecule has 1 saturated carbocycles. The van der Waals surface area contributed by atoms with Gasteiger partial charge in [-0.15, -0.1) is 0 Å². The SMILES string of the molecule is CCCCC1CCCCC1CNC(C)(C)C. The highest BCUT2D eigenvalue weighted by Gasteiger charge is 2.25. The maximum Gasteiger partial charge on any atom is 0.00966 e. The molecule has 0 amide bonds. The quantitative estimate of drug-likeness (QED) is 0.732. The molecule has 0 aromatic carbocycles. The molecule has 0 saturated heterocycles. The van der Waals surface area contributed by atoms with Crippen molar-refractivity contribution < 1.29 is 0 Å². The first kappa shape index (κ1) is 14.0. The van der Waals surface area contributed by atoms with Crippen LogP contribution < -0.4 is 5.32 Å². The average Bonchev–Trinajstić information content (AvgIpc) is 2.23. The lowest BCUT2D eigenvalue weighted by Crippen LogP contribution is -2.41. The molecule has 0 aliphatic heterocycles. The van der Waals surface area contributed by atoms with E-state index < -0.39 is 0 Å². The van der Waals surface area contributed by atoms with Crippen molar-refractivity contribution in [2.75, 3.05) is 6.54 Å². The summed E-state index contributed by atoms with van der Waals surface area (Å²) in [7, 11) is 0. The highest BCUT2D eigenvalue weighted by atomic mass is 14.9. The molecule has 1 N–H and O–H groups in total. The lowest BCUT2D eigenvalue weighted by molar-refractivity contribution is 0.201. The monoisotopic (exact) mass is 225 g/mol. The lowest BCUT2D eigenvalue weighted by Gasteiger charge is -2.34. The normalized spacial score (nSPS) is 27.0. The van der Waals surface area contributed by atoms with Crippen LogP contribution in [0.15, 0.2) is 0 Å². The van der Waals surface area contributed by atoms with Crippen LogP contribution in [0.3, 0.4) is 0 Å². The van der Waals surface area contributed by atoms with Crippen molar-refractivity contribution in [3.8, 4) is 0 Å². The van der Waals surface area contributed by atoms with Gasteiger partial charge >= 0.3 is 0 Å². The van der Waals surface area contributed by atoms with Crippen molar-refractivity contribution in [1.29, 1.82) is 0 Å². The molecule has 2 unspecified atom stereocenters. The molecule has 1 heteroatoms. The van der Waals surface area contributed by atoms with E-state index in [0.29, 0.717) is 0 Å². The zero-order valence-corrected chi connectivity index (χ0v) is 11.8. The molecule has 1 aliphatic carbocycles. The molecular weight excluding hydrogens is 194 g/mol. The van der Waals surface area contributed by atoms with Crippen LogP contribution in [0.25, 0.3) is 0 Å². The van der Waals surface area contributed by atoms with E-state index in [0.717, 1.165) is 11.8 Å². The van der Waals surface area contributed by atoms with E-state index in [1.807, 2.05) is 0 Å². The third-order valence-electron chi connectivity index (χ3n) is 3.89. The average molecular weight is 225 g/mol. The molecule has 0 aromatic rings. The predicted molar refractivity (Wildman–Crippen MR) is 72.7 cm³/mol. The number of hydrogen-bond donors (Lipinski definition) is 1. The second kappa shape index (κ2) is 6.64. The molecule has 1 rings (SSSR count). The molecule has 96 valence electrons. The lowest BCUT2D eigenvalue weighted by atomic mass is 9.76. The van der Waals surface area contributed by atoms with Gasteiger partial charge in [-0.3, -0.25) is 0 Å². The van der Waals surface area contributed by atoms with Crippen LogP contribution in [0, 0.1) is 11.8 Å². The Morgan fingerprint density at radius 2 is 1.69 bits per heavy atom. The van der Waals surface area contributed by atoms with Crippen molar-refractivity contribution in [1.82, 2.24) is 5.32 Å². The van der Waals surface area contributed by atoms with Crippen LogP contribution in [-0.4, -0.2) is 12.1 Å². The van der Waals surface area contributed by atoms with Crippen molar-refractivity contribution in [2.45, 2.75) is 78.2 Å². The van der Waals surface area contributed by atoms with Crippen LogP contribution in [0.5, 0.6) is 0 Å². The Balaban J connectivity index is 2.34. The van der Waals surface area contributed by atoms with Crippen LogP contribution in [0.2, 0.25) is 0 Å². The van der Waals surface area contributed by atoms with Crippen molar-refractivity contribution in [3.05, 3.63) is 0 Å². The van der Waals surface area contributed by atoms with E-state index in [4.69, 9.17) is 0 Å². The summed E-state index contributed by atoms with van der Waals surface area (Å²) in [5.41, 5.74) is 0.284. The first-order valence-electron chi connectivity index (χ1n) is 7.28. The summed E-state index contributed by atoms with van der Waals surface area (Å²) < 4.78 is 0. The molecule has 16 heavy (non-hydrogen) atoms. The van der Waals surface area contributed by atoms with E-state index in [1.165, 1.54) is 51.5 Å². The Kier molecular flexibility index (Phi) is 5.82. The highest BCUT2D eigenvalue weighted by molar-refractivity contribution is 4.80. The van der Waals surface area contributed by atoms with Gasteiger partial charge in [0.2, 0.25) is 0 Å². The highest BCUT2D eigenvalue weighted by Crippen LogP contribution is 2.33. The molecule has 0 spiro atoms. The molecule has 1 fully saturated rings. The molecule has 0 radical (unpaired) electrons. The van der Waals surface area contributed by atoms with Gasteiger partial charge < -0.3 is 5.32 Å². The fourth-order valence-electron chi connectivity index (χ4n) is 2.84. The summed E-state index contributed by atoms with van der Waals surface area (Å²) in [6.07, 6.45) is 10.1. The van der Waals surface area contributed by atoms with Gasteiger partial charge in [0, 0.05) is 5.54 Å². The van der Waals surface area contributed by atoms with Crippen molar-refractivity contribution in [3.63, 3.8) is 0 Å². The van der Waals surface area contributed by atoms with Gasteiger partial charge in [0.25, 0.3) is 0 Å². The molecular formula is C15H31N. The summed E-state index contributed by atoms with van der Waals surface area (Å²) in [6.45, 7) is 10.4. The van der Waals surface area contributed by atoms with Crippen LogP contribution >= 0.6 is 0 Å². The number of rotatable bonds is 5. The third-order valence-corrected chi connectivity index (χ3v) is 3.89. The zero-order valence-electron chi connectivity index (χ0n) is 11.8. The first-order chi connectivity index (χ1) is 7.53. The molecule has 2 atom stereocenters. The van der Waals surface area contributed by atoms with Gasteiger partial charge in [-0.25, -0.2) is 0 Å². The zero-order chi connectivity index (χ0) is 12.0. The van der Waals surface area contributed by atoms with Crippen LogP contribution in [0.1, 0.15) is 72.6 Å². The first-order valence-corrected chi connectivity index (χ1v) is 7.28. The molecule has 0 aromatic heterocycles. The number of hydrogen-bond acceptors (Lipinski definition) is 1. The van der Waals surface area contributed by atoms with Gasteiger partial charge in [-0.05, 0) is 45.6 Å². The fourth-order valence-corrected chi connectivity index (χ4v) is 2.84. The predicted octanol–water partition coefficient (Wildman–Crippen LogP) is 4.37. The van der Waals surface area contributed by atoms with E-state index in [2.05, 4.69) is 33.0 Å². The van der Waals surface area contributed by atoms with E-state index in [9.17, 15) is 0 Å². The van der Waals surface area contributed by atoms with Gasteiger partial charge in [-0.1, -0.05) is 45.4 Å². The largest absolute Gasteiger partial charge is 0.312 e. The van der Waals surface area contributed by atoms with E-state index in [1.54, 1.807) is 0 Å². The number of nitrogens with one attached hydrogen (secondary N) is 1. The minimum atomic E-state index is 0.284. The molecule has 0 bridgehead atoms. The maximum absolute atomic E-state index is 3.70. The fraction of sp³-hybridized carbons (Fsp3) is 1.00. The third kappa shape index (κ3) is 5.34. The number of unbranched alkanes of at least 4 members (excludes halogenated alkanes) is 1.